The van der Waals surface area contributed by atoms with Crippen molar-refractivity contribution in [2.24, 2.45) is 11.8 Å². The monoisotopic (exact) mass is 273 g/mol. The predicted molar refractivity (Wildman–Crippen MR) is 84.3 cm³/mol. The Kier molecular flexibility index (Phi) is 4.18. The maximum Gasteiger partial charge on any atom is 0.119 e. The second-order valence-electron chi connectivity index (χ2n) is 6.80. The van der Waals surface area contributed by atoms with Crippen LogP contribution in [0.4, 0.5) is 5.69 Å². The summed E-state index contributed by atoms with van der Waals surface area (Å²) < 4.78 is 5.69. The number of benzene rings is 1. The van der Waals surface area contributed by atoms with E-state index in [0.717, 1.165) is 17.6 Å². The van der Waals surface area contributed by atoms with E-state index in [1.54, 1.807) is 0 Å². The molecule has 0 aromatic heterocycles. The fourth-order valence-corrected chi connectivity index (χ4v) is 3.49. The van der Waals surface area contributed by atoms with E-state index in [4.69, 9.17) is 4.74 Å². The van der Waals surface area contributed by atoms with Gasteiger partial charge in [-0.1, -0.05) is 12.8 Å². The number of nitrogens with one attached hydrogen (secondary N) is 1. The van der Waals surface area contributed by atoms with Crippen molar-refractivity contribution in [2.75, 3.05) is 5.32 Å². The maximum absolute atomic E-state index is 5.69. The van der Waals surface area contributed by atoms with Gasteiger partial charge in [-0.3, -0.25) is 0 Å². The normalized spacial score (nSPS) is 26.6. The molecule has 2 fully saturated rings. The van der Waals surface area contributed by atoms with Crippen LogP contribution in [0.5, 0.6) is 5.75 Å². The summed E-state index contributed by atoms with van der Waals surface area (Å²) >= 11 is 0. The van der Waals surface area contributed by atoms with Crippen LogP contribution in [0, 0.1) is 11.8 Å². The van der Waals surface area contributed by atoms with Crippen LogP contribution in [-0.2, 0) is 0 Å². The number of hydrogen-bond acceptors (Lipinski definition) is 2. The molecular formula is C18H27NO. The van der Waals surface area contributed by atoms with Crippen molar-refractivity contribution in [1.82, 2.24) is 0 Å². The lowest BCUT2D eigenvalue weighted by Gasteiger charge is -2.30. The molecule has 1 aromatic rings. The van der Waals surface area contributed by atoms with E-state index in [1.807, 2.05) is 0 Å². The van der Waals surface area contributed by atoms with E-state index in [1.165, 1.54) is 44.2 Å². The smallest absolute Gasteiger partial charge is 0.119 e. The van der Waals surface area contributed by atoms with Crippen molar-refractivity contribution < 1.29 is 4.74 Å². The fourth-order valence-electron chi connectivity index (χ4n) is 3.49. The quantitative estimate of drug-likeness (QED) is 0.827. The first-order chi connectivity index (χ1) is 9.70. The van der Waals surface area contributed by atoms with Gasteiger partial charge >= 0.3 is 0 Å². The Bertz CT molecular complexity index is 422. The zero-order chi connectivity index (χ0) is 13.9. The second kappa shape index (κ2) is 6.07. The van der Waals surface area contributed by atoms with Gasteiger partial charge in [0.1, 0.15) is 5.75 Å². The van der Waals surface area contributed by atoms with Gasteiger partial charge in [0.2, 0.25) is 0 Å². The lowest BCUT2D eigenvalue weighted by atomic mass is 9.82. The summed E-state index contributed by atoms with van der Waals surface area (Å²) in [5.41, 5.74) is 1.24. The third-order valence-corrected chi connectivity index (χ3v) is 4.60. The Labute approximate surface area is 122 Å². The number of anilines is 1. The standard InChI is InChI=1S/C18H27NO/c1-13(2)20-18-10-8-16(9-11-18)19-17-5-3-4-15(12-17)14-6-7-14/h8-11,13-15,17,19H,3-7,12H2,1-2H3. The lowest BCUT2D eigenvalue weighted by molar-refractivity contribution is 0.242. The molecule has 110 valence electrons. The molecule has 0 saturated heterocycles. The highest BCUT2D eigenvalue weighted by molar-refractivity contribution is 5.47. The zero-order valence-corrected chi connectivity index (χ0v) is 12.8. The zero-order valence-electron chi connectivity index (χ0n) is 12.8. The molecule has 3 rings (SSSR count). The Morgan fingerprint density at radius 3 is 2.40 bits per heavy atom. The Morgan fingerprint density at radius 2 is 1.75 bits per heavy atom. The molecule has 0 aliphatic heterocycles. The Balaban J connectivity index is 1.54. The highest BCUT2D eigenvalue weighted by Gasteiger charge is 2.34. The lowest BCUT2D eigenvalue weighted by Crippen LogP contribution is -2.28. The van der Waals surface area contributed by atoms with E-state index < -0.39 is 0 Å². The number of ether oxygens (including phenoxy) is 1. The van der Waals surface area contributed by atoms with Gasteiger partial charge in [0.25, 0.3) is 0 Å². The van der Waals surface area contributed by atoms with Crippen LogP contribution in [0.1, 0.15) is 52.4 Å². The first kappa shape index (κ1) is 13.8. The highest BCUT2D eigenvalue weighted by Crippen LogP contribution is 2.44. The van der Waals surface area contributed by atoms with Gasteiger partial charge in [-0.2, -0.15) is 0 Å². The summed E-state index contributed by atoms with van der Waals surface area (Å²) in [6.45, 7) is 4.12. The van der Waals surface area contributed by atoms with Gasteiger partial charge in [-0.05, 0) is 75.6 Å². The molecule has 2 aliphatic rings. The van der Waals surface area contributed by atoms with Crippen molar-refractivity contribution in [2.45, 2.75) is 64.5 Å². The van der Waals surface area contributed by atoms with E-state index >= 15 is 0 Å². The minimum atomic E-state index is 0.242. The minimum Gasteiger partial charge on any atom is -0.491 e. The molecular weight excluding hydrogens is 246 g/mol. The van der Waals surface area contributed by atoms with Gasteiger partial charge in [-0.25, -0.2) is 0 Å². The van der Waals surface area contributed by atoms with Gasteiger partial charge in [0.05, 0.1) is 6.10 Å². The van der Waals surface area contributed by atoms with Crippen molar-refractivity contribution >= 4 is 5.69 Å². The van der Waals surface area contributed by atoms with Crippen molar-refractivity contribution in [1.29, 1.82) is 0 Å². The molecule has 0 heterocycles. The summed E-state index contributed by atoms with van der Waals surface area (Å²) in [5, 5.41) is 3.72. The fraction of sp³-hybridized carbons (Fsp3) is 0.667. The minimum absolute atomic E-state index is 0.242. The summed E-state index contributed by atoms with van der Waals surface area (Å²) in [5.74, 6) is 3.01. The molecule has 2 aliphatic carbocycles. The molecule has 0 bridgehead atoms. The van der Waals surface area contributed by atoms with E-state index in [0.29, 0.717) is 6.04 Å². The van der Waals surface area contributed by atoms with E-state index in [2.05, 4.69) is 43.4 Å². The third-order valence-electron chi connectivity index (χ3n) is 4.60. The topological polar surface area (TPSA) is 21.3 Å². The molecule has 2 heteroatoms. The average molecular weight is 273 g/mol. The van der Waals surface area contributed by atoms with Gasteiger partial charge in [0, 0.05) is 11.7 Å². The Hall–Kier alpha value is -1.18. The number of hydrogen-bond donors (Lipinski definition) is 1. The summed E-state index contributed by atoms with van der Waals surface area (Å²) in [4.78, 5) is 0. The highest BCUT2D eigenvalue weighted by atomic mass is 16.5. The molecule has 0 spiro atoms. The number of rotatable bonds is 5. The van der Waals surface area contributed by atoms with Crippen LogP contribution in [0.3, 0.4) is 0 Å². The summed E-state index contributed by atoms with van der Waals surface area (Å²) in [6.07, 6.45) is 8.77. The molecule has 0 radical (unpaired) electrons. The van der Waals surface area contributed by atoms with Crippen molar-refractivity contribution in [3.63, 3.8) is 0 Å². The third kappa shape index (κ3) is 3.68. The van der Waals surface area contributed by atoms with Gasteiger partial charge in [0.15, 0.2) is 0 Å². The average Bonchev–Trinajstić information content (AvgIpc) is 3.25. The molecule has 1 aromatic carbocycles. The molecule has 20 heavy (non-hydrogen) atoms. The maximum atomic E-state index is 5.69. The molecule has 1 N–H and O–H groups in total. The van der Waals surface area contributed by atoms with Crippen molar-refractivity contribution in [3.05, 3.63) is 24.3 Å². The first-order valence-electron chi connectivity index (χ1n) is 8.24. The van der Waals surface area contributed by atoms with Crippen LogP contribution in [0.25, 0.3) is 0 Å². The van der Waals surface area contributed by atoms with Crippen LogP contribution in [0.15, 0.2) is 24.3 Å². The summed E-state index contributed by atoms with van der Waals surface area (Å²) in [6, 6.07) is 9.12. The molecule has 2 atom stereocenters. The van der Waals surface area contributed by atoms with Crippen LogP contribution >= 0.6 is 0 Å². The van der Waals surface area contributed by atoms with Gasteiger partial charge < -0.3 is 10.1 Å². The molecule has 2 unspecified atom stereocenters. The van der Waals surface area contributed by atoms with E-state index in [-0.39, 0.29) is 6.10 Å². The van der Waals surface area contributed by atoms with E-state index in [9.17, 15) is 0 Å². The van der Waals surface area contributed by atoms with Crippen LogP contribution < -0.4 is 10.1 Å². The van der Waals surface area contributed by atoms with Crippen LogP contribution in [0.2, 0.25) is 0 Å². The largest absolute Gasteiger partial charge is 0.491 e. The molecule has 2 saturated carbocycles. The SMILES string of the molecule is CC(C)Oc1ccc(NC2CCCC(C3CC3)C2)cc1. The molecule has 0 amide bonds. The Morgan fingerprint density at radius 1 is 1.00 bits per heavy atom. The van der Waals surface area contributed by atoms with Crippen LogP contribution in [-0.4, -0.2) is 12.1 Å². The first-order valence-corrected chi connectivity index (χ1v) is 8.24. The molecule has 2 nitrogen and oxygen atoms in total. The van der Waals surface area contributed by atoms with Gasteiger partial charge in [-0.15, -0.1) is 0 Å². The predicted octanol–water partition coefficient (Wildman–Crippen LogP) is 4.85. The van der Waals surface area contributed by atoms with Crippen molar-refractivity contribution in [3.8, 4) is 5.75 Å². The second-order valence-corrected chi connectivity index (χ2v) is 6.80. The summed E-state index contributed by atoms with van der Waals surface area (Å²) in [7, 11) is 0.